The first kappa shape index (κ1) is 18.8. The molecule has 5 N–H and O–H groups in total. The molecule has 0 spiro atoms. The van der Waals surface area contributed by atoms with Gasteiger partial charge in [0.2, 0.25) is 21.8 Å². The second-order valence-electron chi connectivity index (χ2n) is 4.86. The molecule has 0 aliphatic rings. The van der Waals surface area contributed by atoms with E-state index in [1.807, 2.05) is 13.8 Å². The lowest BCUT2D eigenvalue weighted by Crippen LogP contribution is -2.47. The lowest BCUT2D eigenvalue weighted by molar-refractivity contribution is -0.127. The van der Waals surface area contributed by atoms with E-state index in [1.165, 1.54) is 0 Å². The van der Waals surface area contributed by atoms with Gasteiger partial charge in [-0.15, -0.1) is 0 Å². The molecule has 0 fully saturated rings. The van der Waals surface area contributed by atoms with E-state index in [2.05, 4.69) is 15.4 Å². The van der Waals surface area contributed by atoms with E-state index in [0.29, 0.717) is 13.0 Å². The van der Waals surface area contributed by atoms with Crippen molar-refractivity contribution in [1.82, 2.24) is 15.4 Å². The molecule has 20 heavy (non-hydrogen) atoms. The van der Waals surface area contributed by atoms with Crippen LogP contribution in [0.3, 0.4) is 0 Å². The van der Waals surface area contributed by atoms with Gasteiger partial charge < -0.3 is 16.4 Å². The van der Waals surface area contributed by atoms with Gasteiger partial charge >= 0.3 is 0 Å². The number of nitrogens with one attached hydrogen (secondary N) is 3. The van der Waals surface area contributed by atoms with Gasteiger partial charge in [0.15, 0.2) is 0 Å². The molecule has 0 aliphatic heterocycles. The van der Waals surface area contributed by atoms with Crippen LogP contribution < -0.4 is 21.1 Å². The average Bonchev–Trinajstić information content (AvgIpc) is 2.32. The van der Waals surface area contributed by atoms with E-state index < -0.39 is 16.1 Å². The fourth-order valence-corrected chi connectivity index (χ4v) is 1.74. The summed E-state index contributed by atoms with van der Waals surface area (Å²) in [5, 5.41) is 5.00. The van der Waals surface area contributed by atoms with Crippen LogP contribution in [0.1, 0.15) is 20.3 Å². The van der Waals surface area contributed by atoms with Gasteiger partial charge in [0.25, 0.3) is 0 Å². The van der Waals surface area contributed by atoms with Gasteiger partial charge in [-0.25, -0.2) is 13.1 Å². The molecule has 0 saturated carbocycles. The number of hydrogen-bond acceptors (Lipinski definition) is 5. The molecule has 0 unspecified atom stereocenters. The standard InChI is InChI=1S/C11H24N4O4S/c1-8(2)10(12)11(17)14-7-9(16)13-5-4-6-15-20(3,18)19/h8,10,15H,4-7,12H2,1-3H3,(H,13,16)(H,14,17)/t10-/m0/s1. The topological polar surface area (TPSA) is 130 Å². The van der Waals surface area contributed by atoms with Gasteiger partial charge in [-0.2, -0.15) is 0 Å². The molecule has 0 heterocycles. The summed E-state index contributed by atoms with van der Waals surface area (Å²) in [6.07, 6.45) is 1.54. The predicted octanol–water partition coefficient (Wildman–Crippen LogP) is -1.86. The highest BCUT2D eigenvalue weighted by Gasteiger charge is 2.17. The molecule has 9 heteroatoms. The monoisotopic (exact) mass is 308 g/mol. The number of carbonyl (C=O) groups excluding carboxylic acids is 2. The molecule has 0 bridgehead atoms. The van der Waals surface area contributed by atoms with Crippen LogP contribution in [0.25, 0.3) is 0 Å². The van der Waals surface area contributed by atoms with Crippen molar-refractivity contribution in [2.24, 2.45) is 11.7 Å². The van der Waals surface area contributed by atoms with E-state index in [0.717, 1.165) is 6.26 Å². The van der Waals surface area contributed by atoms with Gasteiger partial charge in [-0.05, 0) is 12.3 Å². The highest BCUT2D eigenvalue weighted by Crippen LogP contribution is 1.97. The molecular formula is C11H24N4O4S. The van der Waals surface area contributed by atoms with E-state index in [1.54, 1.807) is 0 Å². The molecule has 0 aromatic rings. The molecule has 0 rings (SSSR count). The lowest BCUT2D eigenvalue weighted by Gasteiger charge is -2.15. The first-order valence-corrected chi connectivity index (χ1v) is 8.27. The van der Waals surface area contributed by atoms with Crippen molar-refractivity contribution in [3.8, 4) is 0 Å². The van der Waals surface area contributed by atoms with Crippen LogP contribution in [-0.2, 0) is 19.6 Å². The third-order valence-electron chi connectivity index (χ3n) is 2.48. The van der Waals surface area contributed by atoms with E-state index in [-0.39, 0.29) is 30.8 Å². The average molecular weight is 308 g/mol. The van der Waals surface area contributed by atoms with Gasteiger partial charge in [0, 0.05) is 13.1 Å². The Morgan fingerprint density at radius 2 is 1.75 bits per heavy atom. The predicted molar refractivity (Wildman–Crippen MR) is 76.3 cm³/mol. The van der Waals surface area contributed by atoms with Crippen LogP contribution in [0.2, 0.25) is 0 Å². The van der Waals surface area contributed by atoms with Crippen LogP contribution in [0.5, 0.6) is 0 Å². The summed E-state index contributed by atoms with van der Waals surface area (Å²) in [6, 6.07) is -0.637. The number of carbonyl (C=O) groups is 2. The zero-order valence-corrected chi connectivity index (χ0v) is 12.9. The zero-order chi connectivity index (χ0) is 15.8. The van der Waals surface area contributed by atoms with Gasteiger partial charge in [0.1, 0.15) is 0 Å². The summed E-state index contributed by atoms with van der Waals surface area (Å²) >= 11 is 0. The minimum absolute atomic E-state index is 0.000119. The third-order valence-corrected chi connectivity index (χ3v) is 3.21. The third kappa shape index (κ3) is 9.70. The SMILES string of the molecule is CC(C)[C@H](N)C(=O)NCC(=O)NCCCNS(C)(=O)=O. The molecular weight excluding hydrogens is 284 g/mol. The molecule has 0 radical (unpaired) electrons. The fraction of sp³-hybridized carbons (Fsp3) is 0.818. The van der Waals surface area contributed by atoms with Crippen LogP contribution in [0.15, 0.2) is 0 Å². The maximum atomic E-state index is 11.5. The van der Waals surface area contributed by atoms with Crippen molar-refractivity contribution in [3.63, 3.8) is 0 Å². The smallest absolute Gasteiger partial charge is 0.239 e. The van der Waals surface area contributed by atoms with E-state index >= 15 is 0 Å². The summed E-state index contributed by atoms with van der Waals surface area (Å²) < 4.78 is 23.8. The summed E-state index contributed by atoms with van der Waals surface area (Å²) in [5.41, 5.74) is 5.62. The second kappa shape index (κ2) is 8.88. The first-order chi connectivity index (χ1) is 9.13. The highest BCUT2D eigenvalue weighted by molar-refractivity contribution is 7.88. The highest BCUT2D eigenvalue weighted by atomic mass is 32.2. The largest absolute Gasteiger partial charge is 0.355 e. The summed E-state index contributed by atoms with van der Waals surface area (Å²) in [6.45, 7) is 4.08. The Labute approximate surface area is 119 Å². The molecule has 0 aromatic heterocycles. The van der Waals surface area contributed by atoms with Gasteiger partial charge in [-0.3, -0.25) is 9.59 Å². The Morgan fingerprint density at radius 3 is 2.25 bits per heavy atom. The molecule has 118 valence electrons. The quantitative estimate of drug-likeness (QED) is 0.371. The van der Waals surface area contributed by atoms with Crippen LogP contribution in [0, 0.1) is 5.92 Å². The summed E-state index contributed by atoms with van der Waals surface area (Å²) in [5.74, 6) is -0.706. The number of amides is 2. The Morgan fingerprint density at radius 1 is 1.15 bits per heavy atom. The number of sulfonamides is 1. The van der Waals surface area contributed by atoms with E-state index in [9.17, 15) is 18.0 Å². The Hall–Kier alpha value is -1.19. The maximum absolute atomic E-state index is 11.5. The Balaban J connectivity index is 3.72. The normalized spacial score (nSPS) is 13.1. The van der Waals surface area contributed by atoms with Crippen molar-refractivity contribution in [2.75, 3.05) is 25.9 Å². The zero-order valence-electron chi connectivity index (χ0n) is 12.1. The first-order valence-electron chi connectivity index (χ1n) is 6.38. The molecule has 2 amide bonds. The Kier molecular flexibility index (Phi) is 8.35. The van der Waals surface area contributed by atoms with Gasteiger partial charge in [0.05, 0.1) is 18.8 Å². The van der Waals surface area contributed by atoms with Crippen LogP contribution in [-0.4, -0.2) is 52.2 Å². The molecule has 0 saturated heterocycles. The van der Waals surface area contributed by atoms with Crippen LogP contribution in [0.4, 0.5) is 0 Å². The molecule has 0 aromatic carbocycles. The summed E-state index contributed by atoms with van der Waals surface area (Å²) in [4.78, 5) is 22.9. The maximum Gasteiger partial charge on any atom is 0.239 e. The minimum atomic E-state index is -3.20. The molecule has 1 atom stereocenters. The van der Waals surface area contributed by atoms with Gasteiger partial charge in [-0.1, -0.05) is 13.8 Å². The molecule has 0 aliphatic carbocycles. The Bertz CT molecular complexity index is 422. The van der Waals surface area contributed by atoms with Crippen molar-refractivity contribution < 1.29 is 18.0 Å². The number of hydrogen-bond donors (Lipinski definition) is 4. The molecule has 8 nitrogen and oxygen atoms in total. The number of rotatable bonds is 9. The lowest BCUT2D eigenvalue weighted by atomic mass is 10.1. The van der Waals surface area contributed by atoms with Crippen molar-refractivity contribution in [1.29, 1.82) is 0 Å². The summed E-state index contributed by atoms with van der Waals surface area (Å²) in [7, 11) is -3.20. The van der Waals surface area contributed by atoms with Crippen molar-refractivity contribution in [3.05, 3.63) is 0 Å². The number of nitrogens with two attached hydrogens (primary N) is 1. The minimum Gasteiger partial charge on any atom is -0.355 e. The van der Waals surface area contributed by atoms with Crippen LogP contribution >= 0.6 is 0 Å². The fourth-order valence-electron chi connectivity index (χ4n) is 1.22. The van der Waals surface area contributed by atoms with Crippen molar-refractivity contribution in [2.45, 2.75) is 26.3 Å². The van der Waals surface area contributed by atoms with Crippen molar-refractivity contribution >= 4 is 21.8 Å². The van der Waals surface area contributed by atoms with E-state index in [4.69, 9.17) is 5.73 Å². The second-order valence-corrected chi connectivity index (χ2v) is 6.69.